The Kier molecular flexibility index (Phi) is 4.86. The molecule has 0 radical (unpaired) electrons. The summed E-state index contributed by atoms with van der Waals surface area (Å²) in [5.74, 6) is 0. The minimum absolute atomic E-state index is 0.855. The fraction of sp³-hybridized carbons (Fsp3) is 0.294. The molecule has 0 saturated heterocycles. The molecule has 2 aromatic carbocycles. The Hall–Kier alpha value is -1.47. The molecule has 1 nitrogen and oxygen atoms in total. The molecule has 0 atom stereocenters. The summed E-state index contributed by atoms with van der Waals surface area (Å²) in [6.45, 7) is 6.33. The summed E-state index contributed by atoms with van der Waals surface area (Å²) in [6, 6.07) is 16.8. The SMILES string of the molecule is CCN(CC)c1ccc(Cc2ccccc2)c(Cl)c1. The maximum absolute atomic E-state index is 6.41. The lowest BCUT2D eigenvalue weighted by molar-refractivity contribution is 0.866. The quantitative estimate of drug-likeness (QED) is 0.758. The molecule has 0 unspecified atom stereocenters. The van der Waals surface area contributed by atoms with Gasteiger partial charge in [0.1, 0.15) is 0 Å². The van der Waals surface area contributed by atoms with Crippen LogP contribution in [-0.4, -0.2) is 13.1 Å². The highest BCUT2D eigenvalue weighted by Crippen LogP contribution is 2.25. The Balaban J connectivity index is 2.20. The van der Waals surface area contributed by atoms with E-state index >= 15 is 0 Å². The van der Waals surface area contributed by atoms with E-state index in [4.69, 9.17) is 11.6 Å². The van der Waals surface area contributed by atoms with Crippen LogP contribution in [0.3, 0.4) is 0 Å². The molecule has 2 aromatic rings. The molecule has 0 aliphatic rings. The monoisotopic (exact) mass is 273 g/mol. The van der Waals surface area contributed by atoms with Gasteiger partial charge in [0, 0.05) is 23.8 Å². The second kappa shape index (κ2) is 6.63. The van der Waals surface area contributed by atoms with Crippen molar-refractivity contribution in [2.75, 3.05) is 18.0 Å². The Morgan fingerprint density at radius 1 is 0.947 bits per heavy atom. The lowest BCUT2D eigenvalue weighted by Crippen LogP contribution is -2.21. The highest BCUT2D eigenvalue weighted by molar-refractivity contribution is 6.31. The molecule has 0 saturated carbocycles. The van der Waals surface area contributed by atoms with Crippen LogP contribution < -0.4 is 4.90 Å². The molecule has 0 aliphatic carbocycles. The minimum Gasteiger partial charge on any atom is -0.372 e. The van der Waals surface area contributed by atoms with Gasteiger partial charge in [0.05, 0.1) is 0 Å². The van der Waals surface area contributed by atoms with E-state index in [9.17, 15) is 0 Å². The van der Waals surface area contributed by atoms with Crippen molar-refractivity contribution < 1.29 is 0 Å². The Morgan fingerprint density at radius 3 is 2.21 bits per heavy atom. The number of rotatable bonds is 5. The molecule has 100 valence electrons. The van der Waals surface area contributed by atoms with Gasteiger partial charge in [-0.3, -0.25) is 0 Å². The molecule has 2 rings (SSSR count). The molecular weight excluding hydrogens is 254 g/mol. The topological polar surface area (TPSA) is 3.24 Å². The predicted octanol–water partition coefficient (Wildman–Crippen LogP) is 4.78. The lowest BCUT2D eigenvalue weighted by Gasteiger charge is -2.21. The van der Waals surface area contributed by atoms with Crippen LogP contribution >= 0.6 is 11.6 Å². The number of hydrogen-bond acceptors (Lipinski definition) is 1. The third-order valence-corrected chi connectivity index (χ3v) is 3.75. The molecule has 0 heterocycles. The third kappa shape index (κ3) is 3.51. The van der Waals surface area contributed by atoms with Crippen LogP contribution in [0.1, 0.15) is 25.0 Å². The zero-order valence-electron chi connectivity index (χ0n) is 11.6. The summed E-state index contributed by atoms with van der Waals surface area (Å²) in [5, 5.41) is 0.855. The first-order valence-corrected chi connectivity index (χ1v) is 7.19. The van der Waals surface area contributed by atoms with Crippen molar-refractivity contribution in [2.24, 2.45) is 0 Å². The fourth-order valence-corrected chi connectivity index (χ4v) is 2.52. The maximum Gasteiger partial charge on any atom is 0.0461 e. The van der Waals surface area contributed by atoms with Crippen molar-refractivity contribution in [3.63, 3.8) is 0 Å². The highest BCUT2D eigenvalue weighted by atomic mass is 35.5. The van der Waals surface area contributed by atoms with E-state index in [1.807, 2.05) is 6.07 Å². The van der Waals surface area contributed by atoms with E-state index in [2.05, 4.69) is 61.2 Å². The lowest BCUT2D eigenvalue weighted by atomic mass is 10.0. The van der Waals surface area contributed by atoms with Crippen molar-refractivity contribution in [3.8, 4) is 0 Å². The van der Waals surface area contributed by atoms with Crippen molar-refractivity contribution in [2.45, 2.75) is 20.3 Å². The smallest absolute Gasteiger partial charge is 0.0461 e. The summed E-state index contributed by atoms with van der Waals surface area (Å²) >= 11 is 6.41. The Bertz CT molecular complexity index is 518. The van der Waals surface area contributed by atoms with E-state index in [0.29, 0.717) is 0 Å². The van der Waals surface area contributed by atoms with E-state index in [0.717, 1.165) is 24.5 Å². The molecule has 0 spiro atoms. The number of hydrogen-bond donors (Lipinski definition) is 0. The maximum atomic E-state index is 6.41. The molecular formula is C17H20ClN. The molecule has 2 heteroatoms. The average molecular weight is 274 g/mol. The molecule has 19 heavy (non-hydrogen) atoms. The zero-order chi connectivity index (χ0) is 13.7. The van der Waals surface area contributed by atoms with Gasteiger partial charge in [0.25, 0.3) is 0 Å². The van der Waals surface area contributed by atoms with E-state index in [-0.39, 0.29) is 0 Å². The number of halogens is 1. The predicted molar refractivity (Wildman–Crippen MR) is 84.3 cm³/mol. The normalized spacial score (nSPS) is 10.5. The van der Waals surface area contributed by atoms with Gasteiger partial charge in [-0.05, 0) is 43.5 Å². The van der Waals surface area contributed by atoms with Crippen LogP contribution in [0.4, 0.5) is 5.69 Å². The second-order valence-electron chi connectivity index (χ2n) is 4.61. The molecule has 0 N–H and O–H groups in total. The third-order valence-electron chi connectivity index (χ3n) is 3.40. The first-order chi connectivity index (χ1) is 9.24. The van der Waals surface area contributed by atoms with Crippen LogP contribution in [0.25, 0.3) is 0 Å². The Morgan fingerprint density at radius 2 is 1.63 bits per heavy atom. The average Bonchev–Trinajstić information content (AvgIpc) is 2.44. The van der Waals surface area contributed by atoms with Gasteiger partial charge in [0.15, 0.2) is 0 Å². The van der Waals surface area contributed by atoms with Gasteiger partial charge in [-0.1, -0.05) is 48.0 Å². The zero-order valence-corrected chi connectivity index (χ0v) is 12.3. The molecule has 0 aliphatic heterocycles. The first kappa shape index (κ1) is 14.0. The molecule has 0 aromatic heterocycles. The second-order valence-corrected chi connectivity index (χ2v) is 5.02. The van der Waals surface area contributed by atoms with Crippen LogP contribution in [0.5, 0.6) is 0 Å². The standard InChI is InChI=1S/C17H20ClN/c1-3-19(4-2)16-11-10-15(17(18)13-16)12-14-8-6-5-7-9-14/h5-11,13H,3-4,12H2,1-2H3. The van der Waals surface area contributed by atoms with Crippen molar-refractivity contribution >= 4 is 17.3 Å². The fourth-order valence-electron chi connectivity index (χ4n) is 2.28. The van der Waals surface area contributed by atoms with Gasteiger partial charge in [-0.25, -0.2) is 0 Å². The number of nitrogens with zero attached hydrogens (tertiary/aromatic N) is 1. The van der Waals surface area contributed by atoms with Crippen LogP contribution in [0.2, 0.25) is 5.02 Å². The van der Waals surface area contributed by atoms with Crippen LogP contribution in [-0.2, 0) is 6.42 Å². The largest absolute Gasteiger partial charge is 0.372 e. The molecule has 0 bridgehead atoms. The van der Waals surface area contributed by atoms with E-state index in [1.165, 1.54) is 16.8 Å². The van der Waals surface area contributed by atoms with E-state index < -0.39 is 0 Å². The van der Waals surface area contributed by atoms with Crippen molar-refractivity contribution in [1.29, 1.82) is 0 Å². The summed E-state index contributed by atoms with van der Waals surface area (Å²) in [5.41, 5.74) is 3.68. The first-order valence-electron chi connectivity index (χ1n) is 6.82. The van der Waals surface area contributed by atoms with Crippen LogP contribution in [0.15, 0.2) is 48.5 Å². The van der Waals surface area contributed by atoms with Gasteiger partial charge in [-0.2, -0.15) is 0 Å². The van der Waals surface area contributed by atoms with Crippen LogP contribution in [0, 0.1) is 0 Å². The summed E-state index contributed by atoms with van der Waals surface area (Å²) in [6.07, 6.45) is 0.887. The minimum atomic E-state index is 0.855. The molecule has 0 fully saturated rings. The highest BCUT2D eigenvalue weighted by Gasteiger charge is 2.06. The van der Waals surface area contributed by atoms with Gasteiger partial charge < -0.3 is 4.90 Å². The van der Waals surface area contributed by atoms with Gasteiger partial charge >= 0.3 is 0 Å². The van der Waals surface area contributed by atoms with Gasteiger partial charge in [0.2, 0.25) is 0 Å². The summed E-state index contributed by atoms with van der Waals surface area (Å²) in [7, 11) is 0. The summed E-state index contributed by atoms with van der Waals surface area (Å²) in [4.78, 5) is 2.30. The Labute approximate surface area is 120 Å². The molecule has 0 amide bonds. The summed E-state index contributed by atoms with van der Waals surface area (Å²) < 4.78 is 0. The van der Waals surface area contributed by atoms with E-state index in [1.54, 1.807) is 0 Å². The van der Waals surface area contributed by atoms with Gasteiger partial charge in [-0.15, -0.1) is 0 Å². The number of anilines is 1. The number of benzene rings is 2. The van der Waals surface area contributed by atoms with Crippen molar-refractivity contribution in [3.05, 3.63) is 64.7 Å². The van der Waals surface area contributed by atoms with Crippen molar-refractivity contribution in [1.82, 2.24) is 0 Å².